The molecule has 0 saturated carbocycles. The molecule has 70 valence electrons. The second-order valence-corrected chi connectivity index (χ2v) is 2.13. The van der Waals surface area contributed by atoms with Crippen LogP contribution in [0.15, 0.2) is 6.20 Å². The van der Waals surface area contributed by atoms with E-state index in [0.29, 0.717) is 6.20 Å². The molecule has 0 bridgehead atoms. The fourth-order valence-corrected chi connectivity index (χ4v) is 0.635. The molecular formula is C7H4F3NO2. The molecule has 0 fully saturated rings. The molecule has 0 amide bonds. The van der Waals surface area contributed by atoms with E-state index in [1.807, 2.05) is 0 Å². The molecule has 1 aromatic heterocycles. The average molecular weight is 191 g/mol. The highest BCUT2D eigenvalue weighted by atomic mass is 19.2. The molecule has 3 nitrogen and oxygen atoms in total. The molecule has 0 aliphatic heterocycles. The molecule has 1 heterocycles. The van der Waals surface area contributed by atoms with Gasteiger partial charge in [-0.2, -0.15) is 4.39 Å². The lowest BCUT2D eigenvalue weighted by atomic mass is 10.4. The van der Waals surface area contributed by atoms with Crippen molar-refractivity contribution in [1.82, 2.24) is 4.98 Å². The Morgan fingerprint density at radius 2 is 2.00 bits per heavy atom. The van der Waals surface area contributed by atoms with Crippen LogP contribution in [0.1, 0.15) is 6.92 Å². The molecule has 0 aromatic carbocycles. The van der Waals surface area contributed by atoms with Crippen LogP contribution in [0.5, 0.6) is 5.88 Å². The normalized spacial score (nSPS) is 9.85. The maximum absolute atomic E-state index is 12.7. The van der Waals surface area contributed by atoms with Crippen molar-refractivity contribution in [3.8, 4) is 5.88 Å². The lowest BCUT2D eigenvalue weighted by Gasteiger charge is -2.01. The Morgan fingerprint density at radius 3 is 2.54 bits per heavy atom. The summed E-state index contributed by atoms with van der Waals surface area (Å²) in [5, 5.41) is 0. The van der Waals surface area contributed by atoms with Gasteiger partial charge in [0.25, 0.3) is 5.88 Å². The summed E-state index contributed by atoms with van der Waals surface area (Å²) in [5.74, 6) is -6.50. The van der Waals surface area contributed by atoms with Gasteiger partial charge >= 0.3 is 5.97 Å². The highest BCUT2D eigenvalue weighted by molar-refractivity contribution is 5.68. The monoisotopic (exact) mass is 191 g/mol. The van der Waals surface area contributed by atoms with E-state index >= 15 is 0 Å². The first-order valence-corrected chi connectivity index (χ1v) is 3.20. The molecule has 1 aromatic rings. The van der Waals surface area contributed by atoms with Crippen molar-refractivity contribution in [1.29, 1.82) is 0 Å². The van der Waals surface area contributed by atoms with E-state index in [9.17, 15) is 18.0 Å². The van der Waals surface area contributed by atoms with Gasteiger partial charge in [-0.3, -0.25) is 4.79 Å². The van der Waals surface area contributed by atoms with Gasteiger partial charge in [0, 0.05) is 6.92 Å². The Bertz CT molecular complexity index is 354. The summed E-state index contributed by atoms with van der Waals surface area (Å²) < 4.78 is 41.6. The molecule has 1 rings (SSSR count). The van der Waals surface area contributed by atoms with Crippen LogP contribution in [0.2, 0.25) is 0 Å². The first-order chi connectivity index (χ1) is 6.02. The van der Waals surface area contributed by atoms with E-state index in [1.165, 1.54) is 0 Å². The fourth-order valence-electron chi connectivity index (χ4n) is 0.635. The number of ether oxygens (including phenoxy) is 1. The Hall–Kier alpha value is -1.59. The number of hydrogen-bond donors (Lipinski definition) is 0. The number of pyridine rings is 1. The van der Waals surface area contributed by atoms with Crippen molar-refractivity contribution in [3.63, 3.8) is 0 Å². The van der Waals surface area contributed by atoms with Crippen LogP contribution in [-0.4, -0.2) is 11.0 Å². The Morgan fingerprint density at radius 1 is 1.38 bits per heavy atom. The summed E-state index contributed by atoms with van der Waals surface area (Å²) in [4.78, 5) is 13.4. The van der Waals surface area contributed by atoms with E-state index in [4.69, 9.17) is 0 Å². The summed E-state index contributed by atoms with van der Waals surface area (Å²) in [6.45, 7) is 0.988. The Labute approximate surface area is 71.2 Å². The third-order valence-corrected chi connectivity index (χ3v) is 1.13. The van der Waals surface area contributed by atoms with Crippen molar-refractivity contribution in [2.75, 3.05) is 0 Å². The number of hydrogen-bond acceptors (Lipinski definition) is 3. The minimum absolute atomic E-state index is 0.427. The van der Waals surface area contributed by atoms with Gasteiger partial charge in [-0.05, 0) is 0 Å². The van der Waals surface area contributed by atoms with Crippen LogP contribution in [0, 0.1) is 17.5 Å². The maximum atomic E-state index is 12.7. The van der Waals surface area contributed by atoms with Gasteiger partial charge in [0.1, 0.15) is 0 Å². The lowest BCUT2D eigenvalue weighted by molar-refractivity contribution is -0.132. The number of carbonyl (C=O) groups is 1. The number of aromatic nitrogens is 1. The van der Waals surface area contributed by atoms with Crippen LogP contribution in [0.25, 0.3) is 0 Å². The molecule has 0 N–H and O–H groups in total. The smallest absolute Gasteiger partial charge is 0.309 e. The molecular weight excluding hydrogens is 187 g/mol. The van der Waals surface area contributed by atoms with Crippen molar-refractivity contribution >= 4 is 5.97 Å². The molecule has 0 aliphatic rings. The summed E-state index contributed by atoms with van der Waals surface area (Å²) >= 11 is 0. The first-order valence-electron chi connectivity index (χ1n) is 3.20. The number of halogens is 3. The van der Waals surface area contributed by atoms with Crippen LogP contribution in [0.4, 0.5) is 13.2 Å². The third-order valence-electron chi connectivity index (χ3n) is 1.13. The second kappa shape index (κ2) is 3.42. The largest absolute Gasteiger partial charge is 0.404 e. The summed E-state index contributed by atoms with van der Waals surface area (Å²) in [5.41, 5.74) is 0. The zero-order chi connectivity index (χ0) is 10.0. The Kier molecular flexibility index (Phi) is 2.50. The highest BCUT2D eigenvalue weighted by Crippen LogP contribution is 2.18. The molecule has 0 unspecified atom stereocenters. The number of esters is 1. The van der Waals surface area contributed by atoms with E-state index in [-0.39, 0.29) is 0 Å². The zero-order valence-corrected chi connectivity index (χ0v) is 6.47. The average Bonchev–Trinajstić information content (AvgIpc) is 2.06. The van der Waals surface area contributed by atoms with Crippen LogP contribution in [0.3, 0.4) is 0 Å². The van der Waals surface area contributed by atoms with E-state index in [1.54, 1.807) is 0 Å². The second-order valence-electron chi connectivity index (χ2n) is 2.13. The molecule has 0 aliphatic carbocycles. The Balaban J connectivity index is 3.10. The van der Waals surface area contributed by atoms with Gasteiger partial charge in [0.15, 0.2) is 5.82 Å². The van der Waals surface area contributed by atoms with Crippen LogP contribution in [-0.2, 0) is 4.79 Å². The predicted octanol–water partition coefficient (Wildman–Crippen LogP) is 1.42. The molecule has 0 radical (unpaired) electrons. The number of nitrogens with zero attached hydrogens (tertiary/aromatic N) is 1. The minimum Gasteiger partial charge on any atom is -0.404 e. The molecule has 0 atom stereocenters. The minimum atomic E-state index is -1.72. The molecule has 0 saturated heterocycles. The highest BCUT2D eigenvalue weighted by Gasteiger charge is 2.16. The first kappa shape index (κ1) is 9.50. The van der Waals surface area contributed by atoms with Gasteiger partial charge in [-0.15, -0.1) is 0 Å². The molecule has 6 heteroatoms. The summed E-state index contributed by atoms with van der Waals surface area (Å²) in [6.07, 6.45) is 0.427. The quantitative estimate of drug-likeness (QED) is 0.630. The SMILES string of the molecule is CC(=O)Oc1ncc(F)c(F)c1F. The van der Waals surface area contributed by atoms with E-state index in [0.717, 1.165) is 6.92 Å². The summed E-state index contributed by atoms with van der Waals surface area (Å²) in [7, 11) is 0. The summed E-state index contributed by atoms with van der Waals surface area (Å²) in [6, 6.07) is 0. The van der Waals surface area contributed by atoms with E-state index in [2.05, 4.69) is 9.72 Å². The van der Waals surface area contributed by atoms with Crippen molar-refractivity contribution in [3.05, 3.63) is 23.6 Å². The topological polar surface area (TPSA) is 39.2 Å². The molecule has 0 spiro atoms. The van der Waals surface area contributed by atoms with Gasteiger partial charge in [-0.25, -0.2) is 13.8 Å². The van der Waals surface area contributed by atoms with Crippen molar-refractivity contribution in [2.45, 2.75) is 6.92 Å². The van der Waals surface area contributed by atoms with Gasteiger partial charge in [0.05, 0.1) is 6.20 Å². The van der Waals surface area contributed by atoms with Gasteiger partial charge in [-0.1, -0.05) is 0 Å². The zero-order valence-electron chi connectivity index (χ0n) is 6.47. The number of rotatable bonds is 1. The van der Waals surface area contributed by atoms with Crippen molar-refractivity contribution < 1.29 is 22.7 Å². The standard InChI is InChI=1S/C7H4F3NO2/c1-3(12)13-7-6(10)5(9)4(8)2-11-7/h2H,1H3. The third kappa shape index (κ3) is 1.95. The van der Waals surface area contributed by atoms with Crippen molar-refractivity contribution in [2.24, 2.45) is 0 Å². The van der Waals surface area contributed by atoms with E-state index < -0.39 is 29.3 Å². The van der Waals surface area contributed by atoms with Gasteiger partial charge in [0.2, 0.25) is 11.6 Å². The maximum Gasteiger partial charge on any atom is 0.309 e. The predicted molar refractivity (Wildman–Crippen MR) is 35.4 cm³/mol. The van der Waals surface area contributed by atoms with Gasteiger partial charge < -0.3 is 4.74 Å². The number of carbonyl (C=O) groups excluding carboxylic acids is 1. The lowest BCUT2D eigenvalue weighted by Crippen LogP contribution is -2.07. The fraction of sp³-hybridized carbons (Fsp3) is 0.143. The molecule has 13 heavy (non-hydrogen) atoms. The van der Waals surface area contributed by atoms with Crippen LogP contribution < -0.4 is 4.74 Å². The van der Waals surface area contributed by atoms with Crippen LogP contribution >= 0.6 is 0 Å².